The van der Waals surface area contributed by atoms with Crippen molar-refractivity contribution in [2.24, 2.45) is 0 Å². The maximum absolute atomic E-state index is 10.7. The van der Waals surface area contributed by atoms with E-state index in [4.69, 9.17) is 0 Å². The second-order valence-corrected chi connectivity index (χ2v) is 5.11. The van der Waals surface area contributed by atoms with Crippen LogP contribution < -0.4 is 5.32 Å². The predicted molar refractivity (Wildman–Crippen MR) is 72.7 cm³/mol. The molecule has 0 amide bonds. The largest absolute Gasteiger partial charge is 0.393 e. The standard InChI is InChI=1S/C11H16BrN3O3/c1-6(4-7(2)16)14-11-10(12)8(3)9(5-13-11)15(17)18/h5-7,16H,4H2,1-3H3,(H,13,14). The number of aromatic nitrogens is 1. The predicted octanol–water partition coefficient (Wildman–Crippen LogP) is 2.63. The molecule has 7 heteroatoms. The summed E-state index contributed by atoms with van der Waals surface area (Å²) in [6, 6.07) is 0.0228. The highest BCUT2D eigenvalue weighted by Gasteiger charge is 2.18. The van der Waals surface area contributed by atoms with Crippen molar-refractivity contribution in [3.63, 3.8) is 0 Å². The topological polar surface area (TPSA) is 88.3 Å². The van der Waals surface area contributed by atoms with E-state index in [9.17, 15) is 15.2 Å². The van der Waals surface area contributed by atoms with Crippen molar-refractivity contribution in [3.8, 4) is 0 Å². The number of aliphatic hydroxyl groups is 1. The molecule has 1 aromatic rings. The van der Waals surface area contributed by atoms with E-state index in [2.05, 4.69) is 26.2 Å². The monoisotopic (exact) mass is 317 g/mol. The van der Waals surface area contributed by atoms with Gasteiger partial charge in [0.05, 0.1) is 15.5 Å². The van der Waals surface area contributed by atoms with Crippen molar-refractivity contribution in [2.45, 2.75) is 39.3 Å². The first-order valence-electron chi connectivity index (χ1n) is 5.57. The van der Waals surface area contributed by atoms with Crippen LogP contribution in [0.15, 0.2) is 10.7 Å². The van der Waals surface area contributed by atoms with Gasteiger partial charge in [-0.15, -0.1) is 0 Å². The molecule has 1 heterocycles. The molecule has 0 aliphatic rings. The Labute approximate surface area is 114 Å². The molecule has 2 unspecified atom stereocenters. The van der Waals surface area contributed by atoms with Crippen molar-refractivity contribution < 1.29 is 10.0 Å². The Hall–Kier alpha value is -1.21. The molecule has 1 aromatic heterocycles. The lowest BCUT2D eigenvalue weighted by atomic mass is 10.1. The average Bonchev–Trinajstić information content (AvgIpc) is 2.23. The van der Waals surface area contributed by atoms with Crippen molar-refractivity contribution in [3.05, 3.63) is 26.3 Å². The van der Waals surface area contributed by atoms with Crippen LogP contribution in [0.3, 0.4) is 0 Å². The van der Waals surface area contributed by atoms with Gasteiger partial charge in [0.2, 0.25) is 0 Å². The zero-order valence-electron chi connectivity index (χ0n) is 10.5. The summed E-state index contributed by atoms with van der Waals surface area (Å²) in [5.74, 6) is 0.547. The van der Waals surface area contributed by atoms with Gasteiger partial charge in [-0.3, -0.25) is 10.1 Å². The molecule has 18 heavy (non-hydrogen) atoms. The number of hydrogen-bond acceptors (Lipinski definition) is 5. The van der Waals surface area contributed by atoms with E-state index < -0.39 is 11.0 Å². The van der Waals surface area contributed by atoms with Crippen LogP contribution >= 0.6 is 15.9 Å². The zero-order valence-corrected chi connectivity index (χ0v) is 12.1. The first-order chi connectivity index (χ1) is 8.32. The van der Waals surface area contributed by atoms with E-state index in [0.29, 0.717) is 22.3 Å². The molecule has 0 fully saturated rings. The van der Waals surface area contributed by atoms with Crippen LogP contribution in [0.25, 0.3) is 0 Å². The van der Waals surface area contributed by atoms with Crippen molar-refractivity contribution >= 4 is 27.4 Å². The third kappa shape index (κ3) is 3.64. The van der Waals surface area contributed by atoms with E-state index in [1.165, 1.54) is 6.20 Å². The van der Waals surface area contributed by atoms with Crippen LogP contribution in [0.4, 0.5) is 11.5 Å². The summed E-state index contributed by atoms with van der Waals surface area (Å²) in [6.45, 7) is 5.29. The number of nitrogens with zero attached hydrogens (tertiary/aromatic N) is 2. The average molecular weight is 318 g/mol. The number of nitrogens with one attached hydrogen (secondary N) is 1. The molecular weight excluding hydrogens is 302 g/mol. The molecule has 0 aromatic carbocycles. The van der Waals surface area contributed by atoms with Gasteiger partial charge in [0, 0.05) is 11.6 Å². The minimum absolute atomic E-state index is 0.0180. The lowest BCUT2D eigenvalue weighted by molar-refractivity contribution is -0.385. The third-order valence-corrected chi connectivity index (χ3v) is 3.48. The van der Waals surface area contributed by atoms with Crippen LogP contribution in [0.1, 0.15) is 25.8 Å². The van der Waals surface area contributed by atoms with Crippen LogP contribution in [-0.4, -0.2) is 27.2 Å². The summed E-state index contributed by atoms with van der Waals surface area (Å²) < 4.78 is 0.578. The molecule has 100 valence electrons. The third-order valence-electron chi connectivity index (χ3n) is 2.51. The Balaban J connectivity index is 2.92. The molecule has 0 aliphatic carbocycles. The Morgan fingerprint density at radius 2 is 2.22 bits per heavy atom. The summed E-state index contributed by atoms with van der Waals surface area (Å²) in [7, 11) is 0. The highest BCUT2D eigenvalue weighted by atomic mass is 79.9. The minimum Gasteiger partial charge on any atom is -0.393 e. The highest BCUT2D eigenvalue weighted by molar-refractivity contribution is 9.10. The zero-order chi connectivity index (χ0) is 13.9. The molecular formula is C11H16BrN3O3. The lowest BCUT2D eigenvalue weighted by Gasteiger charge is -2.17. The van der Waals surface area contributed by atoms with E-state index >= 15 is 0 Å². The fourth-order valence-corrected chi connectivity index (χ4v) is 2.08. The first-order valence-corrected chi connectivity index (χ1v) is 6.36. The number of hydrogen-bond donors (Lipinski definition) is 2. The van der Waals surface area contributed by atoms with Gasteiger partial charge in [-0.05, 0) is 43.1 Å². The van der Waals surface area contributed by atoms with Crippen molar-refractivity contribution in [2.75, 3.05) is 5.32 Å². The summed E-state index contributed by atoms with van der Waals surface area (Å²) in [5, 5.41) is 23.1. The molecule has 2 N–H and O–H groups in total. The SMILES string of the molecule is Cc1c([N+](=O)[O-])cnc(NC(C)CC(C)O)c1Br. The van der Waals surface area contributed by atoms with E-state index in [-0.39, 0.29) is 11.7 Å². The lowest BCUT2D eigenvalue weighted by Crippen LogP contribution is -2.21. The Morgan fingerprint density at radius 3 is 2.72 bits per heavy atom. The van der Waals surface area contributed by atoms with E-state index in [1.54, 1.807) is 13.8 Å². The second-order valence-electron chi connectivity index (χ2n) is 4.32. The fourth-order valence-electron chi connectivity index (χ4n) is 1.66. The maximum atomic E-state index is 10.7. The van der Waals surface area contributed by atoms with Crippen LogP contribution in [0.5, 0.6) is 0 Å². The van der Waals surface area contributed by atoms with Gasteiger partial charge < -0.3 is 10.4 Å². The number of anilines is 1. The molecule has 0 spiro atoms. The molecule has 0 radical (unpaired) electrons. The number of aliphatic hydroxyl groups excluding tert-OH is 1. The summed E-state index contributed by atoms with van der Waals surface area (Å²) in [5.41, 5.74) is 0.511. The number of pyridine rings is 1. The molecule has 0 saturated carbocycles. The summed E-state index contributed by atoms with van der Waals surface area (Å²) in [4.78, 5) is 14.3. The maximum Gasteiger partial charge on any atom is 0.291 e. The smallest absolute Gasteiger partial charge is 0.291 e. The van der Waals surface area contributed by atoms with Crippen molar-refractivity contribution in [1.82, 2.24) is 4.98 Å². The van der Waals surface area contributed by atoms with E-state index in [1.807, 2.05) is 6.92 Å². The normalized spacial score (nSPS) is 14.1. The number of nitro groups is 1. The Bertz CT molecular complexity index is 451. The number of halogens is 1. The van der Waals surface area contributed by atoms with Crippen molar-refractivity contribution in [1.29, 1.82) is 0 Å². The summed E-state index contributed by atoms with van der Waals surface area (Å²) in [6.07, 6.45) is 1.40. The molecule has 1 rings (SSSR count). The Kier molecular flexibility index (Phi) is 5.03. The van der Waals surface area contributed by atoms with Crippen LogP contribution in [0, 0.1) is 17.0 Å². The minimum atomic E-state index is -0.462. The van der Waals surface area contributed by atoms with Gasteiger partial charge in [-0.25, -0.2) is 4.98 Å². The van der Waals surface area contributed by atoms with Crippen LogP contribution in [0.2, 0.25) is 0 Å². The summed E-state index contributed by atoms with van der Waals surface area (Å²) >= 11 is 3.30. The second kappa shape index (κ2) is 6.10. The van der Waals surface area contributed by atoms with Gasteiger partial charge in [0.15, 0.2) is 0 Å². The van der Waals surface area contributed by atoms with Gasteiger partial charge >= 0.3 is 0 Å². The molecule has 2 atom stereocenters. The highest BCUT2D eigenvalue weighted by Crippen LogP contribution is 2.30. The molecule has 0 aliphatic heterocycles. The van der Waals surface area contributed by atoms with Gasteiger partial charge in [-0.2, -0.15) is 0 Å². The number of rotatable bonds is 5. The first kappa shape index (κ1) is 14.8. The Morgan fingerprint density at radius 1 is 1.61 bits per heavy atom. The van der Waals surface area contributed by atoms with Gasteiger partial charge in [0.1, 0.15) is 12.0 Å². The van der Waals surface area contributed by atoms with Crippen LogP contribution in [-0.2, 0) is 0 Å². The fraction of sp³-hybridized carbons (Fsp3) is 0.545. The van der Waals surface area contributed by atoms with E-state index in [0.717, 1.165) is 0 Å². The molecule has 0 saturated heterocycles. The van der Waals surface area contributed by atoms with Gasteiger partial charge in [0.25, 0.3) is 5.69 Å². The molecule has 6 nitrogen and oxygen atoms in total. The van der Waals surface area contributed by atoms with Gasteiger partial charge in [-0.1, -0.05) is 0 Å². The molecule has 0 bridgehead atoms. The quantitative estimate of drug-likeness (QED) is 0.643.